The number of phenols is 1. The molecule has 3 aromatic rings. The summed E-state index contributed by atoms with van der Waals surface area (Å²) in [4.78, 5) is 24.1. The van der Waals surface area contributed by atoms with Gasteiger partial charge >= 0.3 is 0 Å². The Labute approximate surface area is 144 Å². The maximum Gasteiger partial charge on any atom is 0.262 e. The highest BCUT2D eigenvalue weighted by Gasteiger charge is 2.19. The first-order valence-corrected chi connectivity index (χ1v) is 8.27. The average Bonchev–Trinajstić information content (AvgIpc) is 2.98. The van der Waals surface area contributed by atoms with Crippen LogP contribution < -0.4 is 10.5 Å². The maximum absolute atomic E-state index is 12.1. The number of aromatic hydroxyl groups is 1. The van der Waals surface area contributed by atoms with E-state index in [2.05, 4.69) is 24.9 Å². The van der Waals surface area contributed by atoms with Crippen molar-refractivity contribution in [2.24, 2.45) is 7.05 Å². The van der Waals surface area contributed by atoms with E-state index < -0.39 is 0 Å². The van der Waals surface area contributed by atoms with E-state index in [1.807, 2.05) is 12.1 Å². The third-order valence-electron chi connectivity index (χ3n) is 4.61. The molecule has 0 atom stereocenters. The summed E-state index contributed by atoms with van der Waals surface area (Å²) in [7, 11) is 1.79. The molecule has 0 bridgehead atoms. The van der Waals surface area contributed by atoms with Crippen molar-refractivity contribution < 1.29 is 5.11 Å². The lowest BCUT2D eigenvalue weighted by molar-refractivity contribution is 0.244. The molecule has 4 rings (SSSR count). The molecule has 8 heteroatoms. The Morgan fingerprint density at radius 3 is 2.60 bits per heavy atom. The van der Waals surface area contributed by atoms with Crippen LogP contribution in [0.4, 0.5) is 5.69 Å². The summed E-state index contributed by atoms with van der Waals surface area (Å²) >= 11 is 0. The third-order valence-corrected chi connectivity index (χ3v) is 4.61. The van der Waals surface area contributed by atoms with E-state index in [4.69, 9.17) is 0 Å². The Hall–Kier alpha value is -2.87. The molecule has 0 unspecified atom stereocenters. The van der Waals surface area contributed by atoms with Gasteiger partial charge in [0.25, 0.3) is 5.56 Å². The summed E-state index contributed by atoms with van der Waals surface area (Å²) in [5.74, 6) is 0.946. The predicted octanol–water partition coefficient (Wildman–Crippen LogP) is 0.684. The molecule has 1 saturated heterocycles. The maximum atomic E-state index is 12.1. The van der Waals surface area contributed by atoms with E-state index in [9.17, 15) is 9.90 Å². The molecule has 0 saturated carbocycles. The largest absolute Gasteiger partial charge is 0.508 e. The van der Waals surface area contributed by atoms with E-state index in [0.717, 1.165) is 31.9 Å². The predicted molar refractivity (Wildman–Crippen MR) is 94.7 cm³/mol. The van der Waals surface area contributed by atoms with Crippen LogP contribution in [-0.4, -0.2) is 55.9 Å². The zero-order valence-corrected chi connectivity index (χ0v) is 14.0. The Balaban J connectivity index is 1.44. The quantitative estimate of drug-likeness (QED) is 0.729. The number of aromatic nitrogens is 4. The number of aromatic amines is 1. The summed E-state index contributed by atoms with van der Waals surface area (Å²) in [6.07, 6.45) is 1.54. The number of piperazine rings is 1. The number of nitrogens with one attached hydrogen (secondary N) is 1. The summed E-state index contributed by atoms with van der Waals surface area (Å²) < 4.78 is 1.62. The molecule has 1 fully saturated rings. The van der Waals surface area contributed by atoms with Gasteiger partial charge in [-0.2, -0.15) is 5.10 Å². The van der Waals surface area contributed by atoms with Crippen molar-refractivity contribution in [1.82, 2.24) is 24.6 Å². The van der Waals surface area contributed by atoms with Crippen LogP contribution in [0, 0.1) is 0 Å². The van der Waals surface area contributed by atoms with E-state index in [1.54, 1.807) is 30.1 Å². The number of anilines is 1. The van der Waals surface area contributed by atoms with Crippen LogP contribution in [0.2, 0.25) is 0 Å². The van der Waals surface area contributed by atoms with Crippen LogP contribution in [0.5, 0.6) is 5.75 Å². The van der Waals surface area contributed by atoms with Crippen LogP contribution in [-0.2, 0) is 13.6 Å². The fourth-order valence-corrected chi connectivity index (χ4v) is 3.19. The van der Waals surface area contributed by atoms with Crippen LogP contribution in [0.1, 0.15) is 5.82 Å². The molecule has 0 aliphatic carbocycles. The number of hydrogen-bond acceptors (Lipinski definition) is 6. The topological polar surface area (TPSA) is 90.3 Å². The van der Waals surface area contributed by atoms with Gasteiger partial charge in [0.2, 0.25) is 0 Å². The van der Waals surface area contributed by atoms with E-state index in [0.29, 0.717) is 23.4 Å². The second-order valence-corrected chi connectivity index (χ2v) is 6.30. The van der Waals surface area contributed by atoms with Gasteiger partial charge in [-0.1, -0.05) is 0 Å². The molecule has 8 nitrogen and oxygen atoms in total. The number of H-pyrrole nitrogens is 1. The molecule has 0 spiro atoms. The fraction of sp³-hybridized carbons (Fsp3) is 0.353. The van der Waals surface area contributed by atoms with Gasteiger partial charge in [-0.05, 0) is 24.3 Å². The van der Waals surface area contributed by atoms with Gasteiger partial charge < -0.3 is 15.0 Å². The van der Waals surface area contributed by atoms with E-state index >= 15 is 0 Å². The van der Waals surface area contributed by atoms with Gasteiger partial charge in [0, 0.05) is 38.9 Å². The van der Waals surface area contributed by atoms with E-state index in [1.165, 1.54) is 0 Å². The molecule has 2 aromatic heterocycles. The first-order valence-electron chi connectivity index (χ1n) is 8.27. The van der Waals surface area contributed by atoms with Crippen molar-refractivity contribution in [2.75, 3.05) is 31.1 Å². The van der Waals surface area contributed by atoms with Crippen molar-refractivity contribution in [3.8, 4) is 5.75 Å². The number of nitrogens with zero attached hydrogens (tertiary/aromatic N) is 5. The fourth-order valence-electron chi connectivity index (χ4n) is 3.19. The SMILES string of the molecule is Cn1ncc2c(=O)[nH]c(CN3CCN(c4ccc(O)cc4)CC3)nc21. The minimum absolute atomic E-state index is 0.143. The summed E-state index contributed by atoms with van der Waals surface area (Å²) in [6.45, 7) is 4.16. The number of rotatable bonds is 3. The molecule has 1 aromatic carbocycles. The minimum Gasteiger partial charge on any atom is -0.508 e. The molecular formula is C17H20N6O2. The smallest absolute Gasteiger partial charge is 0.262 e. The normalized spacial score (nSPS) is 15.8. The molecule has 1 aliphatic rings. The summed E-state index contributed by atoms with van der Waals surface area (Å²) in [5.41, 5.74) is 1.58. The number of benzene rings is 1. The van der Waals surface area contributed by atoms with Gasteiger partial charge in [-0.3, -0.25) is 14.4 Å². The molecule has 25 heavy (non-hydrogen) atoms. The lowest BCUT2D eigenvalue weighted by atomic mass is 10.2. The molecule has 0 radical (unpaired) electrons. The lowest BCUT2D eigenvalue weighted by Gasteiger charge is -2.35. The zero-order valence-electron chi connectivity index (χ0n) is 14.0. The highest BCUT2D eigenvalue weighted by molar-refractivity contribution is 5.72. The molecule has 1 aliphatic heterocycles. The van der Waals surface area contributed by atoms with Gasteiger partial charge in [-0.25, -0.2) is 4.98 Å². The molecular weight excluding hydrogens is 320 g/mol. The van der Waals surface area contributed by atoms with Crippen molar-refractivity contribution in [3.05, 3.63) is 46.6 Å². The third kappa shape index (κ3) is 3.08. The van der Waals surface area contributed by atoms with Crippen molar-refractivity contribution in [1.29, 1.82) is 0 Å². The van der Waals surface area contributed by atoms with E-state index in [-0.39, 0.29) is 11.3 Å². The zero-order chi connectivity index (χ0) is 17.4. The number of fused-ring (bicyclic) bond motifs is 1. The monoisotopic (exact) mass is 340 g/mol. The molecule has 3 heterocycles. The highest BCUT2D eigenvalue weighted by Crippen LogP contribution is 2.20. The Morgan fingerprint density at radius 1 is 1.16 bits per heavy atom. The lowest BCUT2D eigenvalue weighted by Crippen LogP contribution is -2.46. The van der Waals surface area contributed by atoms with Crippen LogP contribution >= 0.6 is 0 Å². The van der Waals surface area contributed by atoms with Gasteiger partial charge in [0.1, 0.15) is 17.0 Å². The molecule has 0 amide bonds. The Bertz CT molecular complexity index is 938. The summed E-state index contributed by atoms with van der Waals surface area (Å²) in [5, 5.41) is 14.0. The first-order chi connectivity index (χ1) is 12.1. The van der Waals surface area contributed by atoms with Crippen molar-refractivity contribution in [3.63, 3.8) is 0 Å². The molecule has 130 valence electrons. The average molecular weight is 340 g/mol. The van der Waals surface area contributed by atoms with Crippen LogP contribution in [0.3, 0.4) is 0 Å². The van der Waals surface area contributed by atoms with Crippen molar-refractivity contribution in [2.45, 2.75) is 6.54 Å². The first kappa shape index (κ1) is 15.6. The van der Waals surface area contributed by atoms with Crippen LogP contribution in [0.25, 0.3) is 11.0 Å². The summed E-state index contributed by atoms with van der Waals surface area (Å²) in [6, 6.07) is 7.28. The minimum atomic E-state index is -0.143. The van der Waals surface area contributed by atoms with Gasteiger partial charge in [0.15, 0.2) is 5.65 Å². The number of phenolic OH excluding ortho intramolecular Hbond substituents is 1. The molecule has 2 N–H and O–H groups in total. The Morgan fingerprint density at radius 2 is 1.88 bits per heavy atom. The second-order valence-electron chi connectivity index (χ2n) is 6.30. The standard InChI is InChI=1S/C17H20N6O2/c1-21-16-14(10-18-21)17(25)20-15(19-16)11-22-6-8-23(9-7-22)12-2-4-13(24)5-3-12/h2-5,10,24H,6-9,11H2,1H3,(H,19,20,25). The number of aryl methyl sites for hydroxylation is 1. The van der Waals surface area contributed by atoms with Crippen LogP contribution in [0.15, 0.2) is 35.3 Å². The Kier molecular flexibility index (Phi) is 3.89. The number of hydrogen-bond donors (Lipinski definition) is 2. The van der Waals surface area contributed by atoms with Crippen molar-refractivity contribution >= 4 is 16.7 Å². The highest BCUT2D eigenvalue weighted by atomic mass is 16.3. The van der Waals surface area contributed by atoms with Gasteiger partial charge in [0.05, 0.1) is 12.7 Å². The van der Waals surface area contributed by atoms with Gasteiger partial charge in [-0.15, -0.1) is 0 Å². The second kappa shape index (κ2) is 6.21.